The second kappa shape index (κ2) is 8.45. The van der Waals surface area contributed by atoms with Gasteiger partial charge in [-0.25, -0.2) is 0 Å². The number of Topliss-reactive ketones (excluding diaryl/α,β-unsaturated/α-hetero) is 1. The Morgan fingerprint density at radius 3 is 2.73 bits per heavy atom. The highest BCUT2D eigenvalue weighted by atomic mass is 16.3. The number of hydrogen-bond donors (Lipinski definition) is 2. The molecular weight excluding hydrogens is 332 g/mol. The molecule has 142 valence electrons. The van der Waals surface area contributed by atoms with Gasteiger partial charge in [0, 0.05) is 31.4 Å². The lowest BCUT2D eigenvalue weighted by molar-refractivity contribution is -0.137. The molecule has 3 atom stereocenters. The number of rotatable bonds is 6. The molecular formula is C20H28N2O4. The van der Waals surface area contributed by atoms with Crippen LogP contribution in [0.15, 0.2) is 24.2 Å². The predicted molar refractivity (Wildman–Crippen MR) is 98.3 cm³/mol. The molecule has 0 saturated heterocycles. The van der Waals surface area contributed by atoms with Crippen LogP contribution in [0.1, 0.15) is 56.7 Å². The van der Waals surface area contributed by atoms with E-state index in [1.54, 1.807) is 0 Å². The maximum absolute atomic E-state index is 13.2. The van der Waals surface area contributed by atoms with Crippen molar-refractivity contribution in [2.24, 2.45) is 11.8 Å². The Labute approximate surface area is 167 Å². The van der Waals surface area contributed by atoms with E-state index in [1.807, 2.05) is 0 Å². The van der Waals surface area contributed by atoms with Gasteiger partial charge in [-0.1, -0.05) is 44.9 Å². The monoisotopic (exact) mass is 369 g/mol. The van der Waals surface area contributed by atoms with Crippen LogP contribution in [0, 0.1) is 11.8 Å². The molecule has 2 rings (SSSR count). The zero-order valence-corrected chi connectivity index (χ0v) is 15.1. The summed E-state index contributed by atoms with van der Waals surface area (Å²) in [6, 6.07) is -5.25. The SMILES string of the molecule is [2H]c1c([2H])c([2H])c2c(c1[2H])[C@H](NC(=O)[C@H](C)CC(=O)[C@@]([2H])(O)C(C)C)C(=O)N(C)C([2H])([2H])C2([2H])[2H]. The highest BCUT2D eigenvalue weighted by Crippen LogP contribution is 2.25. The van der Waals surface area contributed by atoms with Crippen molar-refractivity contribution >= 4 is 17.6 Å². The van der Waals surface area contributed by atoms with Crippen molar-refractivity contribution in [1.29, 1.82) is 0 Å². The lowest BCUT2D eigenvalue weighted by Crippen LogP contribution is -2.43. The highest BCUT2D eigenvalue weighted by molar-refractivity contribution is 5.92. The highest BCUT2D eigenvalue weighted by Gasteiger charge is 2.32. The molecule has 0 saturated carbocycles. The van der Waals surface area contributed by atoms with E-state index in [1.165, 1.54) is 20.8 Å². The first kappa shape index (κ1) is 10.8. The van der Waals surface area contributed by atoms with E-state index in [0.717, 1.165) is 7.05 Å². The number of hydrogen-bond acceptors (Lipinski definition) is 4. The van der Waals surface area contributed by atoms with E-state index in [4.69, 9.17) is 12.3 Å². The van der Waals surface area contributed by atoms with Gasteiger partial charge in [0.1, 0.15) is 12.1 Å². The van der Waals surface area contributed by atoms with Gasteiger partial charge < -0.3 is 15.3 Å². The van der Waals surface area contributed by atoms with Crippen molar-refractivity contribution in [3.8, 4) is 0 Å². The number of benzene rings is 1. The first-order chi connectivity index (χ1) is 15.7. The molecule has 1 aromatic carbocycles. The van der Waals surface area contributed by atoms with Gasteiger partial charge in [-0.15, -0.1) is 0 Å². The molecule has 2 amide bonds. The number of carbonyl (C=O) groups excluding carboxylic acids is 3. The Kier molecular flexibility index (Phi) is 3.52. The fraction of sp³-hybridized carbons (Fsp3) is 0.550. The molecule has 0 aliphatic carbocycles. The summed E-state index contributed by atoms with van der Waals surface area (Å²) in [5, 5.41) is 12.3. The molecule has 0 unspecified atom stereocenters. The fourth-order valence-electron chi connectivity index (χ4n) is 2.36. The lowest BCUT2D eigenvalue weighted by Gasteiger charge is -2.24. The smallest absolute Gasteiger partial charge is 0.249 e. The van der Waals surface area contributed by atoms with Crippen LogP contribution in [0.4, 0.5) is 0 Å². The molecule has 0 aromatic heterocycles. The third-order valence-electron chi connectivity index (χ3n) is 3.99. The fourth-order valence-corrected chi connectivity index (χ4v) is 2.36. The molecule has 6 heteroatoms. The Morgan fingerprint density at radius 1 is 1.42 bits per heavy atom. The Balaban J connectivity index is 2.62. The maximum atomic E-state index is 13.2. The minimum absolute atomic E-state index is 0.390. The van der Waals surface area contributed by atoms with Crippen molar-refractivity contribution in [3.05, 3.63) is 35.3 Å². The molecule has 26 heavy (non-hydrogen) atoms. The molecule has 2 N–H and O–H groups in total. The third-order valence-corrected chi connectivity index (χ3v) is 3.99. The van der Waals surface area contributed by atoms with E-state index >= 15 is 0 Å². The average Bonchev–Trinajstić information content (AvgIpc) is 2.79. The summed E-state index contributed by atoms with van der Waals surface area (Å²) < 4.78 is 73.3. The minimum atomic E-state index is -3.09. The molecule has 0 fully saturated rings. The number of carbonyl (C=O) groups is 3. The number of nitrogens with one attached hydrogen (secondary N) is 1. The normalized spacial score (nSPS) is 29.6. The summed E-state index contributed by atoms with van der Waals surface area (Å²) in [6.45, 7) is 1.12. The van der Waals surface area contributed by atoms with Crippen molar-refractivity contribution < 1.29 is 31.8 Å². The lowest BCUT2D eigenvalue weighted by atomic mass is 9.94. The Bertz CT molecular complexity index is 1080. The van der Waals surface area contributed by atoms with Crippen LogP contribution in [0.3, 0.4) is 0 Å². The summed E-state index contributed by atoms with van der Waals surface area (Å²) in [5.74, 6) is -5.03. The molecule has 0 radical (unpaired) electrons. The van der Waals surface area contributed by atoms with Gasteiger partial charge in [0.15, 0.2) is 5.78 Å². The minimum Gasteiger partial charge on any atom is -0.385 e. The predicted octanol–water partition coefficient (Wildman–Crippen LogP) is 1.47. The van der Waals surface area contributed by atoms with Crippen molar-refractivity contribution in [1.82, 2.24) is 10.2 Å². The van der Waals surface area contributed by atoms with Gasteiger partial charge in [0.05, 0.1) is 6.85 Å². The first-order valence-electron chi connectivity index (χ1n) is 12.7. The van der Waals surface area contributed by atoms with Gasteiger partial charge in [-0.3, -0.25) is 14.4 Å². The Morgan fingerprint density at radius 2 is 2.08 bits per heavy atom. The summed E-state index contributed by atoms with van der Waals surface area (Å²) in [4.78, 5) is 38.9. The molecule has 0 spiro atoms. The topological polar surface area (TPSA) is 86.7 Å². The van der Waals surface area contributed by atoms with Gasteiger partial charge >= 0.3 is 0 Å². The summed E-state index contributed by atoms with van der Waals surface area (Å²) in [7, 11) is 0.942. The van der Waals surface area contributed by atoms with E-state index in [0.29, 0.717) is 4.90 Å². The second-order valence-corrected chi connectivity index (χ2v) is 6.43. The van der Waals surface area contributed by atoms with Crippen LogP contribution >= 0.6 is 0 Å². The van der Waals surface area contributed by atoms with Crippen molar-refractivity contribution in [3.63, 3.8) is 0 Å². The number of amides is 2. The molecule has 1 aromatic rings. The number of fused-ring (bicyclic) bond motifs is 1. The van der Waals surface area contributed by atoms with Gasteiger partial charge in [-0.2, -0.15) is 0 Å². The molecule has 1 aliphatic rings. The van der Waals surface area contributed by atoms with Crippen LogP contribution in [-0.4, -0.2) is 47.2 Å². The van der Waals surface area contributed by atoms with Crippen LogP contribution in [0.25, 0.3) is 0 Å². The van der Waals surface area contributed by atoms with Gasteiger partial charge in [0.25, 0.3) is 0 Å². The number of likely N-dealkylation sites (N-methyl/N-ethyl adjacent to an activating group) is 1. The molecule has 1 aliphatic heterocycles. The summed E-state index contributed by atoms with van der Waals surface area (Å²) >= 11 is 0. The zero-order chi connectivity index (χ0) is 27.4. The largest absolute Gasteiger partial charge is 0.385 e. The average molecular weight is 370 g/mol. The van der Waals surface area contributed by atoms with Crippen LogP contribution < -0.4 is 5.32 Å². The quantitative estimate of drug-likeness (QED) is 0.795. The second-order valence-electron chi connectivity index (χ2n) is 6.43. The Hall–Kier alpha value is -2.21. The number of aliphatic hydroxyl groups is 1. The standard InChI is InChI=1S/C20H28N2O4/c1-12(2)18(24)16(23)11-13(3)19(25)21-17-15-8-6-5-7-14(15)9-10-22(4)20(17)26/h5-8,12-13,17-18,24H,9-11H2,1-4H3,(H,21,25)/t13-,17+,18+/m1/s1/i5D,6D,7D,8D,9D2,10D2,18D. The van der Waals surface area contributed by atoms with Crippen LogP contribution in [-0.2, 0) is 20.8 Å². The van der Waals surface area contributed by atoms with Gasteiger partial charge in [0.2, 0.25) is 11.8 Å². The van der Waals surface area contributed by atoms with E-state index in [-0.39, 0.29) is 0 Å². The van der Waals surface area contributed by atoms with Crippen LogP contribution in [0.5, 0.6) is 0 Å². The van der Waals surface area contributed by atoms with Crippen molar-refractivity contribution in [2.75, 3.05) is 13.5 Å². The van der Waals surface area contributed by atoms with E-state index in [9.17, 15) is 19.5 Å². The zero-order valence-electron chi connectivity index (χ0n) is 24.1. The molecule has 1 heterocycles. The maximum Gasteiger partial charge on any atom is 0.249 e. The summed E-state index contributed by atoms with van der Waals surface area (Å²) in [6.07, 6.45) is -6.13. The number of ketones is 1. The molecule has 6 nitrogen and oxygen atoms in total. The van der Waals surface area contributed by atoms with Crippen LogP contribution in [0.2, 0.25) is 0 Å². The first-order valence-corrected chi connectivity index (χ1v) is 8.17. The van der Waals surface area contributed by atoms with Gasteiger partial charge in [-0.05, 0) is 23.4 Å². The number of nitrogens with zero attached hydrogens (tertiary/aromatic N) is 1. The van der Waals surface area contributed by atoms with E-state index < -0.39 is 96.1 Å². The molecule has 0 bridgehead atoms. The van der Waals surface area contributed by atoms with Crippen molar-refractivity contribution in [2.45, 2.75) is 45.7 Å². The van der Waals surface area contributed by atoms with E-state index in [2.05, 4.69) is 5.32 Å². The summed E-state index contributed by atoms with van der Waals surface area (Å²) in [5.41, 5.74) is -1.43. The third kappa shape index (κ3) is 4.49.